The first-order valence-electron chi connectivity index (χ1n) is 7.53. The molecular weight excluding hydrogens is 248 g/mol. The number of aryl methyl sites for hydroxylation is 1. The zero-order chi connectivity index (χ0) is 14.9. The third-order valence-electron chi connectivity index (χ3n) is 4.53. The van der Waals surface area contributed by atoms with Crippen molar-refractivity contribution < 1.29 is 4.79 Å². The van der Waals surface area contributed by atoms with Gasteiger partial charge in [-0.05, 0) is 44.2 Å². The molecule has 0 radical (unpaired) electrons. The molecule has 1 fully saturated rings. The summed E-state index contributed by atoms with van der Waals surface area (Å²) in [6.07, 6.45) is 1.21. The Bertz CT molecular complexity index is 498. The number of nitrogens with zero attached hydrogens (tertiary/aromatic N) is 1. The molecule has 0 spiro atoms. The normalized spacial score (nSPS) is 26.4. The highest BCUT2D eigenvalue weighted by molar-refractivity contribution is 6.00. The molecule has 1 aliphatic rings. The van der Waals surface area contributed by atoms with Crippen molar-refractivity contribution >= 4 is 11.6 Å². The smallest absolute Gasteiger partial charge is 0.256 e. The number of benzene rings is 1. The van der Waals surface area contributed by atoms with Crippen molar-refractivity contribution in [2.45, 2.75) is 40.2 Å². The monoisotopic (exact) mass is 274 g/mol. The van der Waals surface area contributed by atoms with E-state index in [0.29, 0.717) is 17.9 Å². The van der Waals surface area contributed by atoms with E-state index in [9.17, 15) is 4.79 Å². The van der Waals surface area contributed by atoms with E-state index >= 15 is 0 Å². The molecule has 1 N–H and O–H groups in total. The van der Waals surface area contributed by atoms with Gasteiger partial charge < -0.3 is 10.2 Å². The highest BCUT2D eigenvalue weighted by atomic mass is 16.2. The molecule has 3 unspecified atom stereocenters. The lowest BCUT2D eigenvalue weighted by molar-refractivity contribution is 0.0456. The molecule has 2 rings (SSSR count). The van der Waals surface area contributed by atoms with Gasteiger partial charge in [-0.3, -0.25) is 4.79 Å². The van der Waals surface area contributed by atoms with Crippen LogP contribution in [-0.4, -0.2) is 30.4 Å². The maximum atomic E-state index is 12.9. The first-order chi connectivity index (χ1) is 9.43. The lowest BCUT2D eigenvalue weighted by atomic mass is 9.85. The number of carbonyl (C=O) groups is 1. The van der Waals surface area contributed by atoms with Gasteiger partial charge in [0.2, 0.25) is 0 Å². The van der Waals surface area contributed by atoms with Crippen LogP contribution >= 0.6 is 0 Å². The van der Waals surface area contributed by atoms with Crippen molar-refractivity contribution in [1.82, 2.24) is 4.90 Å². The lowest BCUT2D eigenvalue weighted by Crippen LogP contribution is -2.49. The van der Waals surface area contributed by atoms with Crippen LogP contribution in [0.25, 0.3) is 0 Å². The minimum absolute atomic E-state index is 0.156. The Balaban J connectivity index is 2.32. The predicted molar refractivity (Wildman–Crippen MR) is 84.2 cm³/mol. The number of amides is 1. The second-order valence-electron chi connectivity index (χ2n) is 6.32. The van der Waals surface area contributed by atoms with Crippen LogP contribution in [0, 0.1) is 18.8 Å². The number of hydrogen-bond acceptors (Lipinski definition) is 2. The Morgan fingerprint density at radius 2 is 2.00 bits per heavy atom. The van der Waals surface area contributed by atoms with Crippen LogP contribution in [-0.2, 0) is 0 Å². The van der Waals surface area contributed by atoms with E-state index in [1.54, 1.807) is 0 Å². The van der Waals surface area contributed by atoms with Crippen LogP contribution in [0.3, 0.4) is 0 Å². The predicted octanol–water partition coefficient (Wildman–Crippen LogP) is 3.54. The SMILES string of the molecule is CNc1ccc(C)cc1C(=O)N1CC(C)CC(C)C1C. The summed E-state index contributed by atoms with van der Waals surface area (Å²) in [5.41, 5.74) is 2.83. The Hall–Kier alpha value is -1.51. The standard InChI is InChI=1S/C17H26N2O/c1-11-6-7-16(18-5)15(9-11)17(20)19-10-12(2)8-13(3)14(19)4/h6-7,9,12-14,18H,8,10H2,1-5H3. The van der Waals surface area contributed by atoms with Crippen LogP contribution < -0.4 is 5.32 Å². The molecule has 0 aliphatic carbocycles. The van der Waals surface area contributed by atoms with Gasteiger partial charge >= 0.3 is 0 Å². The molecule has 3 heteroatoms. The van der Waals surface area contributed by atoms with Crippen LogP contribution in [0.5, 0.6) is 0 Å². The number of nitrogens with one attached hydrogen (secondary N) is 1. The van der Waals surface area contributed by atoms with Crippen molar-refractivity contribution in [3.8, 4) is 0 Å². The largest absolute Gasteiger partial charge is 0.387 e. The molecule has 0 aromatic heterocycles. The van der Waals surface area contributed by atoms with Crippen LogP contribution in [0.15, 0.2) is 18.2 Å². The van der Waals surface area contributed by atoms with E-state index < -0.39 is 0 Å². The summed E-state index contributed by atoms with van der Waals surface area (Å²) in [6.45, 7) is 9.54. The van der Waals surface area contributed by atoms with Gasteiger partial charge in [-0.1, -0.05) is 25.5 Å². The summed E-state index contributed by atoms with van der Waals surface area (Å²) in [7, 11) is 1.87. The third kappa shape index (κ3) is 2.82. The quantitative estimate of drug-likeness (QED) is 0.894. The van der Waals surface area contributed by atoms with E-state index in [0.717, 1.165) is 23.4 Å². The fourth-order valence-corrected chi connectivity index (χ4v) is 3.19. The fraction of sp³-hybridized carbons (Fsp3) is 0.588. The molecule has 20 heavy (non-hydrogen) atoms. The lowest BCUT2D eigenvalue weighted by Gasteiger charge is -2.41. The van der Waals surface area contributed by atoms with Gasteiger partial charge in [0, 0.05) is 25.3 Å². The highest BCUT2D eigenvalue weighted by Gasteiger charge is 2.33. The summed E-state index contributed by atoms with van der Waals surface area (Å²) >= 11 is 0. The molecule has 1 aromatic rings. The highest BCUT2D eigenvalue weighted by Crippen LogP contribution is 2.29. The van der Waals surface area contributed by atoms with Gasteiger partial charge in [-0.2, -0.15) is 0 Å². The summed E-state index contributed by atoms with van der Waals surface area (Å²) < 4.78 is 0. The van der Waals surface area contributed by atoms with Crippen molar-refractivity contribution in [3.05, 3.63) is 29.3 Å². The van der Waals surface area contributed by atoms with E-state index in [1.165, 1.54) is 6.42 Å². The van der Waals surface area contributed by atoms with Crippen LogP contribution in [0.2, 0.25) is 0 Å². The van der Waals surface area contributed by atoms with E-state index in [2.05, 4.69) is 31.0 Å². The van der Waals surface area contributed by atoms with Gasteiger partial charge in [0.05, 0.1) is 5.56 Å². The molecule has 0 bridgehead atoms. The van der Waals surface area contributed by atoms with Crippen LogP contribution in [0.1, 0.15) is 43.1 Å². The minimum atomic E-state index is 0.156. The molecule has 1 aliphatic heterocycles. The molecule has 1 aromatic carbocycles. The van der Waals surface area contributed by atoms with Crippen molar-refractivity contribution in [2.75, 3.05) is 18.9 Å². The molecular formula is C17H26N2O. The maximum Gasteiger partial charge on any atom is 0.256 e. The summed E-state index contributed by atoms with van der Waals surface area (Å²) in [5, 5.41) is 3.13. The number of rotatable bonds is 2. The summed E-state index contributed by atoms with van der Waals surface area (Å²) in [5.74, 6) is 1.29. The molecule has 1 amide bonds. The van der Waals surface area contributed by atoms with Gasteiger partial charge in [-0.15, -0.1) is 0 Å². The number of carbonyl (C=O) groups excluding carboxylic acids is 1. The topological polar surface area (TPSA) is 32.3 Å². The average molecular weight is 274 g/mol. The van der Waals surface area contributed by atoms with Gasteiger partial charge in [0.25, 0.3) is 5.91 Å². The van der Waals surface area contributed by atoms with Gasteiger partial charge in [0.1, 0.15) is 0 Å². The molecule has 1 heterocycles. The first-order valence-corrected chi connectivity index (χ1v) is 7.53. The number of hydrogen-bond donors (Lipinski definition) is 1. The molecule has 3 atom stereocenters. The van der Waals surface area contributed by atoms with Crippen molar-refractivity contribution in [1.29, 1.82) is 0 Å². The minimum Gasteiger partial charge on any atom is -0.387 e. The fourth-order valence-electron chi connectivity index (χ4n) is 3.19. The van der Waals surface area contributed by atoms with E-state index in [1.807, 2.05) is 32.2 Å². The van der Waals surface area contributed by atoms with E-state index in [-0.39, 0.29) is 5.91 Å². The van der Waals surface area contributed by atoms with Gasteiger partial charge in [0.15, 0.2) is 0 Å². The summed E-state index contributed by atoms with van der Waals surface area (Å²) in [4.78, 5) is 15.0. The van der Waals surface area contributed by atoms with E-state index in [4.69, 9.17) is 0 Å². The Kier molecular flexibility index (Phi) is 4.36. The van der Waals surface area contributed by atoms with Crippen molar-refractivity contribution in [2.24, 2.45) is 11.8 Å². The van der Waals surface area contributed by atoms with Gasteiger partial charge in [-0.25, -0.2) is 0 Å². The number of likely N-dealkylation sites (tertiary alicyclic amines) is 1. The molecule has 110 valence electrons. The third-order valence-corrected chi connectivity index (χ3v) is 4.53. The Morgan fingerprint density at radius 1 is 1.30 bits per heavy atom. The maximum absolute atomic E-state index is 12.9. The number of anilines is 1. The zero-order valence-corrected chi connectivity index (χ0v) is 13.2. The van der Waals surface area contributed by atoms with Crippen molar-refractivity contribution in [3.63, 3.8) is 0 Å². The molecule has 3 nitrogen and oxygen atoms in total. The second kappa shape index (κ2) is 5.86. The Morgan fingerprint density at radius 3 is 2.65 bits per heavy atom. The first kappa shape index (κ1) is 14.9. The number of piperidine rings is 1. The zero-order valence-electron chi connectivity index (χ0n) is 13.2. The molecule has 0 saturated carbocycles. The van der Waals surface area contributed by atoms with Crippen LogP contribution in [0.4, 0.5) is 5.69 Å². The summed E-state index contributed by atoms with van der Waals surface area (Å²) in [6, 6.07) is 6.33. The molecule has 1 saturated heterocycles. The second-order valence-corrected chi connectivity index (χ2v) is 6.32. The average Bonchev–Trinajstić information content (AvgIpc) is 2.42. The Labute approximate surface area is 122 Å².